The van der Waals surface area contributed by atoms with Gasteiger partial charge in [-0.3, -0.25) is 4.98 Å². The minimum Gasteiger partial charge on any atom is -0.334 e. The molecular weight excluding hydrogens is 233 g/mol. The van der Waals surface area contributed by atoms with Crippen LogP contribution in [0.1, 0.15) is 0 Å². The van der Waals surface area contributed by atoms with E-state index in [1.54, 1.807) is 30.5 Å². The van der Waals surface area contributed by atoms with Crippen LogP contribution in [-0.2, 0) is 0 Å². The molecule has 0 aliphatic rings. The normalized spacial score (nSPS) is 10.5. The number of halogens is 1. The molecule has 88 valence electrons. The van der Waals surface area contributed by atoms with Gasteiger partial charge in [-0.25, -0.2) is 4.39 Å². The molecule has 0 bridgehead atoms. The maximum atomic E-state index is 13.1. The molecule has 5 heteroatoms. The van der Waals surface area contributed by atoms with E-state index in [4.69, 9.17) is 4.52 Å². The predicted octanol–water partition coefficient (Wildman–Crippen LogP) is 2.94. The largest absolute Gasteiger partial charge is 0.334 e. The standard InChI is InChI=1S/C13H8FN3O/c14-10-5-3-4-9(8-10)13-16-12(17-18-13)11-6-1-2-7-15-11/h1-8H. The second kappa shape index (κ2) is 4.37. The van der Waals surface area contributed by atoms with Crippen LogP contribution >= 0.6 is 0 Å². The number of benzene rings is 1. The Labute approximate surface area is 102 Å². The lowest BCUT2D eigenvalue weighted by Crippen LogP contribution is -1.84. The van der Waals surface area contributed by atoms with Crippen molar-refractivity contribution in [2.75, 3.05) is 0 Å². The summed E-state index contributed by atoms with van der Waals surface area (Å²) in [5.41, 5.74) is 1.16. The lowest BCUT2D eigenvalue weighted by molar-refractivity contribution is 0.432. The Kier molecular flexibility index (Phi) is 2.57. The Morgan fingerprint density at radius 3 is 2.78 bits per heavy atom. The summed E-state index contributed by atoms with van der Waals surface area (Å²) in [6.45, 7) is 0. The molecular formula is C13H8FN3O. The van der Waals surface area contributed by atoms with Gasteiger partial charge in [0.05, 0.1) is 0 Å². The van der Waals surface area contributed by atoms with E-state index in [-0.39, 0.29) is 11.7 Å². The molecule has 3 aromatic rings. The van der Waals surface area contributed by atoms with Gasteiger partial charge in [0.25, 0.3) is 5.89 Å². The van der Waals surface area contributed by atoms with Crippen LogP contribution in [0.25, 0.3) is 23.0 Å². The van der Waals surface area contributed by atoms with Crippen LogP contribution in [0, 0.1) is 5.82 Å². The fourth-order valence-electron chi connectivity index (χ4n) is 1.56. The zero-order valence-corrected chi connectivity index (χ0v) is 9.25. The third-order valence-electron chi connectivity index (χ3n) is 2.39. The summed E-state index contributed by atoms with van der Waals surface area (Å²) in [6, 6.07) is 11.4. The molecule has 3 rings (SSSR count). The lowest BCUT2D eigenvalue weighted by Gasteiger charge is -1.93. The van der Waals surface area contributed by atoms with Gasteiger partial charge in [0.1, 0.15) is 11.5 Å². The van der Waals surface area contributed by atoms with E-state index in [1.165, 1.54) is 12.1 Å². The maximum absolute atomic E-state index is 13.1. The minimum absolute atomic E-state index is 0.273. The molecule has 0 aliphatic carbocycles. The third-order valence-corrected chi connectivity index (χ3v) is 2.39. The highest BCUT2D eigenvalue weighted by Crippen LogP contribution is 2.21. The molecule has 0 spiro atoms. The molecule has 0 radical (unpaired) electrons. The summed E-state index contributed by atoms with van der Waals surface area (Å²) in [6.07, 6.45) is 1.65. The zero-order valence-electron chi connectivity index (χ0n) is 9.25. The van der Waals surface area contributed by atoms with Gasteiger partial charge in [0.15, 0.2) is 0 Å². The quantitative estimate of drug-likeness (QED) is 0.692. The van der Waals surface area contributed by atoms with Crippen molar-refractivity contribution in [1.82, 2.24) is 15.1 Å². The van der Waals surface area contributed by atoms with Crippen LogP contribution in [0.4, 0.5) is 4.39 Å². The van der Waals surface area contributed by atoms with Crippen LogP contribution in [0.15, 0.2) is 53.2 Å². The van der Waals surface area contributed by atoms with E-state index >= 15 is 0 Å². The van der Waals surface area contributed by atoms with Crippen LogP contribution in [0.5, 0.6) is 0 Å². The first-order chi connectivity index (χ1) is 8.83. The van der Waals surface area contributed by atoms with E-state index in [1.807, 2.05) is 6.07 Å². The SMILES string of the molecule is Fc1cccc(-c2nc(-c3ccccn3)no2)c1. The highest BCUT2D eigenvalue weighted by molar-refractivity contribution is 5.57. The molecule has 4 nitrogen and oxygen atoms in total. The Bertz CT molecular complexity index is 667. The van der Waals surface area contributed by atoms with Crippen molar-refractivity contribution >= 4 is 0 Å². The number of pyridine rings is 1. The highest BCUT2D eigenvalue weighted by Gasteiger charge is 2.11. The molecule has 2 heterocycles. The molecule has 2 aromatic heterocycles. The topological polar surface area (TPSA) is 51.8 Å². The molecule has 0 atom stereocenters. The van der Waals surface area contributed by atoms with Crippen molar-refractivity contribution in [3.05, 3.63) is 54.5 Å². The van der Waals surface area contributed by atoms with Gasteiger partial charge in [0, 0.05) is 11.8 Å². The van der Waals surface area contributed by atoms with Crippen LogP contribution < -0.4 is 0 Å². The number of nitrogens with zero attached hydrogens (tertiary/aromatic N) is 3. The van der Waals surface area contributed by atoms with Gasteiger partial charge in [-0.1, -0.05) is 17.3 Å². The second-order valence-corrected chi connectivity index (χ2v) is 3.65. The fraction of sp³-hybridized carbons (Fsp3) is 0. The van der Waals surface area contributed by atoms with Gasteiger partial charge in [-0.2, -0.15) is 4.98 Å². The van der Waals surface area contributed by atoms with Crippen molar-refractivity contribution in [2.45, 2.75) is 0 Å². The molecule has 1 aromatic carbocycles. The summed E-state index contributed by atoms with van der Waals surface area (Å²) < 4.78 is 18.2. The molecule has 0 N–H and O–H groups in total. The first-order valence-corrected chi connectivity index (χ1v) is 5.34. The number of hydrogen-bond donors (Lipinski definition) is 0. The summed E-state index contributed by atoms with van der Waals surface area (Å²) in [7, 11) is 0. The monoisotopic (exact) mass is 241 g/mol. The Hall–Kier alpha value is -2.56. The number of rotatable bonds is 2. The van der Waals surface area contributed by atoms with Crippen LogP contribution in [0.2, 0.25) is 0 Å². The van der Waals surface area contributed by atoms with Gasteiger partial charge in [-0.15, -0.1) is 0 Å². The molecule has 0 amide bonds. The molecule has 0 fully saturated rings. The van der Waals surface area contributed by atoms with Crippen LogP contribution in [0.3, 0.4) is 0 Å². The van der Waals surface area contributed by atoms with Crippen molar-refractivity contribution in [1.29, 1.82) is 0 Å². The number of aromatic nitrogens is 3. The van der Waals surface area contributed by atoms with Gasteiger partial charge in [0.2, 0.25) is 5.82 Å². The third kappa shape index (κ3) is 1.98. The van der Waals surface area contributed by atoms with E-state index in [9.17, 15) is 4.39 Å². The second-order valence-electron chi connectivity index (χ2n) is 3.65. The minimum atomic E-state index is -0.343. The Morgan fingerprint density at radius 1 is 1.06 bits per heavy atom. The van der Waals surface area contributed by atoms with E-state index in [0.717, 1.165) is 0 Å². The summed E-state index contributed by atoms with van der Waals surface area (Å²) in [5, 5.41) is 3.82. The van der Waals surface area contributed by atoms with E-state index in [0.29, 0.717) is 17.1 Å². The van der Waals surface area contributed by atoms with Crippen molar-refractivity contribution in [3.8, 4) is 23.0 Å². The van der Waals surface area contributed by atoms with E-state index < -0.39 is 0 Å². The summed E-state index contributed by atoms with van der Waals surface area (Å²) >= 11 is 0. The number of hydrogen-bond acceptors (Lipinski definition) is 4. The van der Waals surface area contributed by atoms with Gasteiger partial charge < -0.3 is 4.52 Å². The molecule has 0 aliphatic heterocycles. The zero-order chi connectivity index (χ0) is 12.4. The first kappa shape index (κ1) is 10.6. The fourth-order valence-corrected chi connectivity index (χ4v) is 1.56. The first-order valence-electron chi connectivity index (χ1n) is 5.34. The van der Waals surface area contributed by atoms with Crippen molar-refractivity contribution in [3.63, 3.8) is 0 Å². The van der Waals surface area contributed by atoms with E-state index in [2.05, 4.69) is 15.1 Å². The van der Waals surface area contributed by atoms with Crippen LogP contribution in [-0.4, -0.2) is 15.1 Å². The summed E-state index contributed by atoms with van der Waals surface area (Å²) in [4.78, 5) is 8.30. The average molecular weight is 241 g/mol. The smallest absolute Gasteiger partial charge is 0.258 e. The highest BCUT2D eigenvalue weighted by atomic mass is 19.1. The Balaban J connectivity index is 2.00. The van der Waals surface area contributed by atoms with Crippen molar-refractivity contribution < 1.29 is 8.91 Å². The Morgan fingerprint density at radius 2 is 2.00 bits per heavy atom. The van der Waals surface area contributed by atoms with Gasteiger partial charge >= 0.3 is 0 Å². The molecule has 18 heavy (non-hydrogen) atoms. The maximum Gasteiger partial charge on any atom is 0.258 e. The average Bonchev–Trinajstić information content (AvgIpc) is 2.89. The predicted molar refractivity (Wildman–Crippen MR) is 62.9 cm³/mol. The lowest BCUT2D eigenvalue weighted by atomic mass is 10.2. The molecule has 0 saturated heterocycles. The van der Waals surface area contributed by atoms with Gasteiger partial charge in [-0.05, 0) is 30.3 Å². The molecule has 0 saturated carbocycles. The summed E-state index contributed by atoms with van der Waals surface area (Å²) in [5.74, 6) is 0.315. The van der Waals surface area contributed by atoms with Crippen molar-refractivity contribution in [2.24, 2.45) is 0 Å². The molecule has 0 unspecified atom stereocenters.